The van der Waals surface area contributed by atoms with Crippen molar-refractivity contribution >= 4 is 21.9 Å². The number of hydrogen-bond acceptors (Lipinski definition) is 1. The summed E-state index contributed by atoms with van der Waals surface area (Å²) in [4.78, 5) is 0. The van der Waals surface area contributed by atoms with E-state index in [9.17, 15) is 0 Å². The lowest BCUT2D eigenvalue weighted by Gasteiger charge is -2.46. The van der Waals surface area contributed by atoms with Gasteiger partial charge < -0.3 is 4.42 Å². The summed E-state index contributed by atoms with van der Waals surface area (Å²) in [5.74, 6) is 0.717. The maximum atomic E-state index is 6.90. The Hall–Kier alpha value is -3.39. The minimum Gasteiger partial charge on any atom is -0.454 e. The van der Waals surface area contributed by atoms with Crippen LogP contribution in [-0.2, 0) is 17.9 Å². The molecule has 0 radical (unpaired) electrons. The van der Waals surface area contributed by atoms with Crippen LogP contribution in [0.1, 0.15) is 81.5 Å². The van der Waals surface area contributed by atoms with Crippen molar-refractivity contribution in [1.82, 2.24) is 0 Å². The highest BCUT2D eigenvalue weighted by Crippen LogP contribution is 2.54. The largest absolute Gasteiger partial charge is 0.454 e. The molecule has 0 unspecified atom stereocenters. The van der Waals surface area contributed by atoms with E-state index >= 15 is 0 Å². The molecule has 0 saturated carbocycles. The van der Waals surface area contributed by atoms with Gasteiger partial charge in [0.15, 0.2) is 6.20 Å². The fourth-order valence-electron chi connectivity index (χ4n) is 7.43. The molecule has 0 N–H and O–H groups in total. The van der Waals surface area contributed by atoms with E-state index < -0.39 is 0 Å². The molecule has 38 heavy (non-hydrogen) atoms. The summed E-state index contributed by atoms with van der Waals surface area (Å²) < 4.78 is 9.09. The molecule has 2 nitrogen and oxygen atoms in total. The average molecular weight is 501 g/mol. The van der Waals surface area contributed by atoms with Gasteiger partial charge in [0.2, 0.25) is 5.69 Å². The van der Waals surface area contributed by atoms with Crippen LogP contribution in [0.2, 0.25) is 0 Å². The Labute approximate surface area is 226 Å². The first-order valence-electron chi connectivity index (χ1n) is 14.2. The van der Waals surface area contributed by atoms with Gasteiger partial charge in [-0.05, 0) is 83.2 Å². The summed E-state index contributed by atoms with van der Waals surface area (Å²) in [6.45, 7) is 12.0. The molecule has 2 aliphatic carbocycles. The van der Waals surface area contributed by atoms with Crippen molar-refractivity contribution in [2.24, 2.45) is 7.05 Å². The predicted octanol–water partition coefficient (Wildman–Crippen LogP) is 9.28. The molecule has 5 aromatic rings. The number of benzene rings is 3. The molecule has 3 aromatic carbocycles. The van der Waals surface area contributed by atoms with Crippen LogP contribution in [0.3, 0.4) is 0 Å². The minimum atomic E-state index is 0.193. The number of furan rings is 1. The summed E-state index contributed by atoms with van der Waals surface area (Å²) in [5, 5.41) is 2.38. The van der Waals surface area contributed by atoms with E-state index in [-0.39, 0.29) is 10.8 Å². The van der Waals surface area contributed by atoms with Crippen LogP contribution in [0.25, 0.3) is 44.3 Å². The zero-order chi connectivity index (χ0) is 26.4. The van der Waals surface area contributed by atoms with Crippen LogP contribution in [-0.4, -0.2) is 0 Å². The lowest BCUT2D eigenvalue weighted by molar-refractivity contribution is -0.660. The van der Waals surface area contributed by atoms with Gasteiger partial charge in [-0.15, -0.1) is 0 Å². The summed E-state index contributed by atoms with van der Waals surface area (Å²) >= 11 is 0. The van der Waals surface area contributed by atoms with Crippen molar-refractivity contribution in [3.05, 3.63) is 89.1 Å². The van der Waals surface area contributed by atoms with Gasteiger partial charge in [-0.25, -0.2) is 4.57 Å². The number of aryl methyl sites for hydroxylation is 2. The van der Waals surface area contributed by atoms with E-state index in [1.807, 2.05) is 0 Å². The standard InChI is InChI=1S/C36H38NO/c1-22-13-14-27-26-11-9-10-25(33(26)38-34(27)31(22)30-12-7-8-19-37(30)6)24-20-28-32-23(15-17-35(28,2)3)16-18-36(4,5)29(32)21-24/h7-14,19-21,23H,15-18H2,1-6H3/q+1. The smallest absolute Gasteiger partial charge is 0.216 e. The van der Waals surface area contributed by atoms with Crippen LogP contribution in [0.4, 0.5) is 0 Å². The molecule has 2 heterocycles. The summed E-state index contributed by atoms with van der Waals surface area (Å²) in [6, 6.07) is 22.6. The molecule has 0 saturated heterocycles. The van der Waals surface area contributed by atoms with Crippen LogP contribution < -0.4 is 4.57 Å². The second-order valence-electron chi connectivity index (χ2n) is 13.1. The first-order valence-corrected chi connectivity index (χ1v) is 14.2. The topological polar surface area (TPSA) is 17.0 Å². The number of aromatic nitrogens is 1. The molecule has 7 rings (SSSR count). The number of rotatable bonds is 2. The quantitative estimate of drug-likeness (QED) is 0.221. The molecule has 0 amide bonds. The summed E-state index contributed by atoms with van der Waals surface area (Å²) in [7, 11) is 2.11. The second-order valence-corrected chi connectivity index (χ2v) is 13.1. The van der Waals surface area contributed by atoms with Crippen LogP contribution in [0, 0.1) is 6.92 Å². The molecule has 0 spiro atoms. The van der Waals surface area contributed by atoms with Crippen LogP contribution in [0.5, 0.6) is 0 Å². The highest BCUT2D eigenvalue weighted by atomic mass is 16.3. The maximum absolute atomic E-state index is 6.90. The number of fused-ring (bicyclic) bond motifs is 3. The SMILES string of the molecule is Cc1ccc2c(oc3c(-c4cc5c6c(c4)C(C)(C)CCC6CCC5(C)C)cccc32)c1-c1cccc[n+]1C. The molecule has 192 valence electrons. The van der Waals surface area contributed by atoms with Gasteiger partial charge >= 0.3 is 0 Å². The van der Waals surface area contributed by atoms with Gasteiger partial charge in [0.1, 0.15) is 18.2 Å². The molecule has 0 fully saturated rings. The van der Waals surface area contributed by atoms with Gasteiger partial charge in [-0.3, -0.25) is 0 Å². The first-order chi connectivity index (χ1) is 18.2. The lowest BCUT2D eigenvalue weighted by atomic mass is 9.59. The minimum absolute atomic E-state index is 0.193. The van der Waals surface area contributed by atoms with E-state index in [0.717, 1.165) is 11.2 Å². The van der Waals surface area contributed by atoms with E-state index in [1.54, 1.807) is 16.7 Å². The molecule has 0 aliphatic heterocycles. The van der Waals surface area contributed by atoms with Crippen molar-refractivity contribution in [3.8, 4) is 22.4 Å². The number of nitrogens with zero attached hydrogens (tertiary/aromatic N) is 1. The lowest BCUT2D eigenvalue weighted by Crippen LogP contribution is -2.34. The third kappa shape index (κ3) is 3.35. The molecule has 0 atom stereocenters. The fourth-order valence-corrected chi connectivity index (χ4v) is 7.43. The number of pyridine rings is 1. The molecule has 2 heteroatoms. The zero-order valence-electron chi connectivity index (χ0n) is 23.6. The highest BCUT2D eigenvalue weighted by molar-refractivity contribution is 6.13. The normalized spacial score (nSPS) is 18.2. The predicted molar refractivity (Wildman–Crippen MR) is 158 cm³/mol. The molecule has 2 aromatic heterocycles. The number of para-hydroxylation sites is 1. The summed E-state index contributed by atoms with van der Waals surface area (Å²) in [6.07, 6.45) is 7.28. The Morgan fingerprint density at radius 1 is 0.789 bits per heavy atom. The summed E-state index contributed by atoms with van der Waals surface area (Å²) in [5.41, 5.74) is 13.2. The van der Waals surface area contributed by atoms with Crippen molar-refractivity contribution < 1.29 is 8.98 Å². The van der Waals surface area contributed by atoms with Crippen LogP contribution >= 0.6 is 0 Å². The van der Waals surface area contributed by atoms with Gasteiger partial charge in [0.05, 0.1) is 5.56 Å². The van der Waals surface area contributed by atoms with Crippen molar-refractivity contribution in [1.29, 1.82) is 0 Å². The van der Waals surface area contributed by atoms with Crippen molar-refractivity contribution in [2.75, 3.05) is 0 Å². The second kappa shape index (κ2) is 8.06. The molecule has 0 bridgehead atoms. The van der Waals surface area contributed by atoms with Gasteiger partial charge in [0.25, 0.3) is 0 Å². The third-order valence-electron chi connectivity index (χ3n) is 9.78. The zero-order valence-corrected chi connectivity index (χ0v) is 23.6. The Morgan fingerprint density at radius 3 is 2.16 bits per heavy atom. The van der Waals surface area contributed by atoms with E-state index in [2.05, 4.69) is 113 Å². The maximum Gasteiger partial charge on any atom is 0.216 e. The Morgan fingerprint density at radius 2 is 1.47 bits per heavy atom. The Bertz CT molecular complexity index is 1710. The Balaban J connectivity index is 1.53. The van der Waals surface area contributed by atoms with Crippen molar-refractivity contribution in [2.45, 2.75) is 77.0 Å². The van der Waals surface area contributed by atoms with Gasteiger partial charge in [-0.2, -0.15) is 0 Å². The first kappa shape index (κ1) is 23.7. The van der Waals surface area contributed by atoms with E-state index in [0.29, 0.717) is 5.92 Å². The van der Waals surface area contributed by atoms with Crippen LogP contribution in [0.15, 0.2) is 71.3 Å². The fraction of sp³-hybridized carbons (Fsp3) is 0.361. The highest BCUT2D eigenvalue weighted by Gasteiger charge is 2.41. The van der Waals surface area contributed by atoms with E-state index in [4.69, 9.17) is 4.42 Å². The third-order valence-corrected chi connectivity index (χ3v) is 9.78. The molecule has 2 aliphatic rings. The Kier molecular flexibility index (Phi) is 5.03. The molecular weight excluding hydrogens is 462 g/mol. The number of hydrogen-bond donors (Lipinski definition) is 0. The van der Waals surface area contributed by atoms with Gasteiger partial charge in [-0.1, -0.05) is 70.2 Å². The van der Waals surface area contributed by atoms with Gasteiger partial charge in [0, 0.05) is 28.5 Å². The van der Waals surface area contributed by atoms with E-state index in [1.165, 1.54) is 64.4 Å². The monoisotopic (exact) mass is 500 g/mol. The molecular formula is C36H38NO+. The average Bonchev–Trinajstić information content (AvgIpc) is 3.27. The van der Waals surface area contributed by atoms with Crippen molar-refractivity contribution in [3.63, 3.8) is 0 Å².